The number of primary amides is 1. The van der Waals surface area contributed by atoms with E-state index in [0.717, 1.165) is 24.8 Å². The first-order valence-electron chi connectivity index (χ1n) is 8.48. The fraction of sp³-hybridized carbons (Fsp3) is 0.263. The number of hydrogen-bond acceptors (Lipinski definition) is 4. The topological polar surface area (TPSA) is 105 Å². The second-order valence-electron chi connectivity index (χ2n) is 6.20. The number of amides is 3. The fourth-order valence-corrected chi connectivity index (χ4v) is 3.15. The lowest BCUT2D eigenvalue weighted by Crippen LogP contribution is -2.44. The Balaban J connectivity index is 1.75. The lowest BCUT2D eigenvalue weighted by Gasteiger charge is -2.35. The number of anilines is 1. The van der Waals surface area contributed by atoms with Crippen LogP contribution in [-0.2, 0) is 9.59 Å². The number of carbonyl (C=O) groups is 3. The van der Waals surface area contributed by atoms with Gasteiger partial charge in [0.25, 0.3) is 0 Å². The molecule has 1 aromatic heterocycles. The van der Waals surface area contributed by atoms with E-state index in [-0.39, 0.29) is 17.3 Å². The van der Waals surface area contributed by atoms with Crippen molar-refractivity contribution in [3.63, 3.8) is 0 Å². The largest absolute Gasteiger partial charge is 0.366 e. The van der Waals surface area contributed by atoms with Crippen LogP contribution in [0.15, 0.2) is 48.8 Å². The maximum absolute atomic E-state index is 12.7. The van der Waals surface area contributed by atoms with Crippen LogP contribution in [0.3, 0.4) is 0 Å². The van der Waals surface area contributed by atoms with E-state index in [1.165, 1.54) is 18.5 Å². The van der Waals surface area contributed by atoms with Crippen molar-refractivity contribution in [2.24, 2.45) is 5.73 Å². The highest BCUT2D eigenvalue weighted by Gasteiger charge is 2.31. The second kappa shape index (κ2) is 7.77. The Morgan fingerprint density at radius 2 is 1.88 bits per heavy atom. The summed E-state index contributed by atoms with van der Waals surface area (Å²) in [6, 6.07) is 11.0. The zero-order valence-corrected chi connectivity index (χ0v) is 14.2. The number of carbonyl (C=O) groups excluding carboxylic acids is 3. The normalized spacial score (nSPS) is 16.8. The summed E-state index contributed by atoms with van der Waals surface area (Å²) in [5.74, 6) is -2.00. The molecule has 2 aromatic rings. The minimum atomic E-state index is -0.753. The zero-order chi connectivity index (χ0) is 18.5. The highest BCUT2D eigenvalue weighted by atomic mass is 16.2. The van der Waals surface area contributed by atoms with Crippen molar-refractivity contribution in [2.75, 3.05) is 11.9 Å². The third-order valence-corrected chi connectivity index (χ3v) is 4.42. The van der Waals surface area contributed by atoms with Gasteiger partial charge in [0.15, 0.2) is 0 Å². The van der Waals surface area contributed by atoms with Gasteiger partial charge in [-0.15, -0.1) is 0 Å². The predicted octanol–water partition coefficient (Wildman–Crippen LogP) is 1.87. The molecule has 3 amide bonds. The van der Waals surface area contributed by atoms with Crippen LogP contribution in [0.25, 0.3) is 0 Å². The molecule has 1 aliphatic rings. The number of likely N-dealkylation sites (tertiary alicyclic amines) is 1. The molecule has 134 valence electrons. The molecule has 0 bridgehead atoms. The highest BCUT2D eigenvalue weighted by Crippen LogP contribution is 2.30. The average Bonchev–Trinajstić information content (AvgIpc) is 2.68. The summed E-state index contributed by atoms with van der Waals surface area (Å²) >= 11 is 0. The van der Waals surface area contributed by atoms with Gasteiger partial charge in [-0.1, -0.05) is 30.3 Å². The SMILES string of the molecule is NC(=O)c1cncc(NC(=O)C(=O)N2CCCC[C@H]2c2ccccc2)c1. The third-order valence-electron chi connectivity index (χ3n) is 4.42. The summed E-state index contributed by atoms with van der Waals surface area (Å²) in [4.78, 5) is 41.8. The number of nitrogens with zero attached hydrogens (tertiary/aromatic N) is 2. The third kappa shape index (κ3) is 3.88. The molecule has 1 saturated heterocycles. The van der Waals surface area contributed by atoms with E-state index in [9.17, 15) is 14.4 Å². The van der Waals surface area contributed by atoms with Gasteiger partial charge in [0.1, 0.15) is 0 Å². The van der Waals surface area contributed by atoms with E-state index < -0.39 is 17.7 Å². The Morgan fingerprint density at radius 1 is 1.12 bits per heavy atom. The maximum atomic E-state index is 12.7. The zero-order valence-electron chi connectivity index (χ0n) is 14.2. The van der Waals surface area contributed by atoms with Crippen LogP contribution in [0.2, 0.25) is 0 Å². The average molecular weight is 352 g/mol. The molecule has 1 aromatic carbocycles. The summed E-state index contributed by atoms with van der Waals surface area (Å²) < 4.78 is 0. The second-order valence-corrected chi connectivity index (χ2v) is 6.20. The number of nitrogens with two attached hydrogens (primary N) is 1. The van der Waals surface area contributed by atoms with Crippen LogP contribution >= 0.6 is 0 Å². The van der Waals surface area contributed by atoms with Crippen LogP contribution in [-0.4, -0.2) is 34.2 Å². The molecule has 3 N–H and O–H groups in total. The molecule has 1 atom stereocenters. The van der Waals surface area contributed by atoms with Crippen LogP contribution in [0.5, 0.6) is 0 Å². The summed E-state index contributed by atoms with van der Waals surface area (Å²) in [5.41, 5.74) is 6.64. The first-order valence-corrected chi connectivity index (χ1v) is 8.48. The fourth-order valence-electron chi connectivity index (χ4n) is 3.15. The Bertz CT molecular complexity index is 823. The Labute approximate surface area is 151 Å². The number of rotatable bonds is 3. The van der Waals surface area contributed by atoms with Crippen molar-refractivity contribution in [3.8, 4) is 0 Å². The van der Waals surface area contributed by atoms with Gasteiger partial charge >= 0.3 is 11.8 Å². The van der Waals surface area contributed by atoms with Crippen LogP contribution in [0.1, 0.15) is 41.2 Å². The van der Waals surface area contributed by atoms with Gasteiger partial charge in [0.05, 0.1) is 23.5 Å². The maximum Gasteiger partial charge on any atom is 0.313 e. The van der Waals surface area contributed by atoms with E-state index in [4.69, 9.17) is 5.73 Å². The lowest BCUT2D eigenvalue weighted by molar-refractivity contribution is -0.145. The quantitative estimate of drug-likeness (QED) is 0.823. The molecule has 3 rings (SSSR count). The Morgan fingerprint density at radius 3 is 2.62 bits per heavy atom. The highest BCUT2D eigenvalue weighted by molar-refractivity contribution is 6.39. The van der Waals surface area contributed by atoms with Gasteiger partial charge in [-0.3, -0.25) is 19.4 Å². The summed E-state index contributed by atoms with van der Waals surface area (Å²) in [5, 5.41) is 2.51. The molecule has 26 heavy (non-hydrogen) atoms. The molecule has 2 heterocycles. The number of hydrogen-bond donors (Lipinski definition) is 2. The molecule has 1 fully saturated rings. The number of pyridine rings is 1. The first-order chi connectivity index (χ1) is 12.6. The smallest absolute Gasteiger partial charge is 0.313 e. The van der Waals surface area contributed by atoms with Crippen molar-refractivity contribution in [2.45, 2.75) is 25.3 Å². The van der Waals surface area contributed by atoms with Gasteiger partial charge in [-0.05, 0) is 30.9 Å². The number of aromatic nitrogens is 1. The summed E-state index contributed by atoms with van der Waals surface area (Å²) in [7, 11) is 0. The number of nitrogens with one attached hydrogen (secondary N) is 1. The van der Waals surface area contributed by atoms with Crippen molar-refractivity contribution < 1.29 is 14.4 Å². The van der Waals surface area contributed by atoms with Gasteiger partial charge in [0, 0.05) is 12.7 Å². The molecule has 0 unspecified atom stereocenters. The minimum absolute atomic E-state index is 0.113. The Hall–Kier alpha value is -3.22. The number of benzene rings is 1. The van der Waals surface area contributed by atoms with E-state index in [0.29, 0.717) is 6.54 Å². The van der Waals surface area contributed by atoms with Crippen molar-refractivity contribution >= 4 is 23.4 Å². The molecule has 0 aliphatic carbocycles. The van der Waals surface area contributed by atoms with E-state index >= 15 is 0 Å². The molecular formula is C19H20N4O3. The van der Waals surface area contributed by atoms with E-state index in [2.05, 4.69) is 10.3 Å². The minimum Gasteiger partial charge on any atom is -0.366 e. The molecule has 0 radical (unpaired) electrons. The number of piperidine rings is 1. The molecule has 0 spiro atoms. The molecule has 7 nitrogen and oxygen atoms in total. The molecule has 7 heteroatoms. The standard InChI is InChI=1S/C19H20N4O3/c20-17(24)14-10-15(12-21-11-14)22-18(25)19(26)23-9-5-4-8-16(23)13-6-2-1-3-7-13/h1-3,6-7,10-12,16H,4-5,8-9H2,(H2,20,24)(H,22,25)/t16-/m0/s1. The van der Waals surface area contributed by atoms with Gasteiger partial charge in [-0.25, -0.2) is 0 Å². The monoisotopic (exact) mass is 352 g/mol. The van der Waals surface area contributed by atoms with Crippen molar-refractivity contribution in [1.82, 2.24) is 9.88 Å². The molecule has 0 saturated carbocycles. The predicted molar refractivity (Wildman–Crippen MR) is 96.1 cm³/mol. The lowest BCUT2D eigenvalue weighted by atomic mass is 9.95. The summed E-state index contributed by atoms with van der Waals surface area (Å²) in [6.07, 6.45) is 5.36. The van der Waals surface area contributed by atoms with Crippen LogP contribution < -0.4 is 11.1 Å². The summed E-state index contributed by atoms with van der Waals surface area (Å²) in [6.45, 7) is 0.533. The van der Waals surface area contributed by atoms with Gasteiger partial charge < -0.3 is 16.0 Å². The van der Waals surface area contributed by atoms with Gasteiger partial charge in [-0.2, -0.15) is 0 Å². The molecular weight excluding hydrogens is 332 g/mol. The first kappa shape index (κ1) is 17.6. The van der Waals surface area contributed by atoms with Gasteiger partial charge in [0.2, 0.25) is 5.91 Å². The Kier molecular flexibility index (Phi) is 5.26. The van der Waals surface area contributed by atoms with Crippen LogP contribution in [0.4, 0.5) is 5.69 Å². The van der Waals surface area contributed by atoms with Crippen molar-refractivity contribution in [3.05, 3.63) is 59.9 Å². The van der Waals surface area contributed by atoms with E-state index in [1.807, 2.05) is 30.3 Å². The molecule has 1 aliphatic heterocycles. The van der Waals surface area contributed by atoms with E-state index in [1.54, 1.807) is 4.90 Å². The van der Waals surface area contributed by atoms with Crippen LogP contribution in [0, 0.1) is 0 Å². The van der Waals surface area contributed by atoms with Crippen molar-refractivity contribution in [1.29, 1.82) is 0 Å².